The van der Waals surface area contributed by atoms with Crippen molar-refractivity contribution in [1.82, 2.24) is 4.90 Å². The third-order valence-corrected chi connectivity index (χ3v) is 3.72. The Hall–Kier alpha value is -1.99. The molecule has 22 heavy (non-hydrogen) atoms. The van der Waals surface area contributed by atoms with Gasteiger partial charge < -0.3 is 10.1 Å². The Morgan fingerprint density at radius 3 is 2.36 bits per heavy atom. The van der Waals surface area contributed by atoms with Crippen LogP contribution in [0.25, 0.3) is 0 Å². The summed E-state index contributed by atoms with van der Waals surface area (Å²) >= 11 is 0. The number of hydrogen-bond donors (Lipinski definition) is 1. The topological polar surface area (TPSA) is 84.7 Å². The van der Waals surface area contributed by atoms with Crippen LogP contribution in [0.2, 0.25) is 0 Å². The van der Waals surface area contributed by atoms with Crippen molar-refractivity contribution in [2.24, 2.45) is 0 Å². The van der Waals surface area contributed by atoms with Crippen molar-refractivity contribution in [1.29, 1.82) is 0 Å². The van der Waals surface area contributed by atoms with Crippen LogP contribution < -0.4 is 5.32 Å². The Balaban J connectivity index is 1.97. The number of benzene rings is 1. The van der Waals surface area contributed by atoms with Crippen molar-refractivity contribution < 1.29 is 14.5 Å². The van der Waals surface area contributed by atoms with Gasteiger partial charge in [0.2, 0.25) is 5.91 Å². The number of amides is 1. The van der Waals surface area contributed by atoms with Gasteiger partial charge in [-0.3, -0.25) is 19.8 Å². The molecule has 2 rings (SSSR count). The molecule has 1 heterocycles. The summed E-state index contributed by atoms with van der Waals surface area (Å²) in [6.07, 6.45) is 0.191. The van der Waals surface area contributed by atoms with Gasteiger partial charge >= 0.3 is 0 Å². The number of non-ortho nitro benzene ring substituents is 1. The molecule has 1 aromatic carbocycles. The van der Waals surface area contributed by atoms with Crippen molar-refractivity contribution in [2.45, 2.75) is 39.0 Å². The highest BCUT2D eigenvalue weighted by atomic mass is 16.6. The van der Waals surface area contributed by atoms with Crippen LogP contribution in [-0.4, -0.2) is 47.1 Å². The molecule has 1 aliphatic rings. The van der Waals surface area contributed by atoms with E-state index < -0.39 is 4.92 Å². The molecule has 1 N–H and O–H groups in total. The molecule has 1 aromatic rings. The molecule has 0 bridgehead atoms. The van der Waals surface area contributed by atoms with E-state index in [1.54, 1.807) is 0 Å². The number of nitrogens with one attached hydrogen (secondary N) is 1. The van der Waals surface area contributed by atoms with Gasteiger partial charge in [0, 0.05) is 30.9 Å². The maximum atomic E-state index is 12.3. The number of nitrogens with zero attached hydrogens (tertiary/aromatic N) is 2. The summed E-state index contributed by atoms with van der Waals surface area (Å²) in [7, 11) is 0. The number of rotatable bonds is 4. The molecule has 1 saturated heterocycles. The fourth-order valence-electron chi connectivity index (χ4n) is 2.61. The Kier molecular flexibility index (Phi) is 5.10. The number of hydrogen-bond acceptors (Lipinski definition) is 5. The van der Waals surface area contributed by atoms with E-state index in [4.69, 9.17) is 4.74 Å². The molecule has 7 nitrogen and oxygen atoms in total. The number of carbonyl (C=O) groups excluding carboxylic acids is 1. The van der Waals surface area contributed by atoms with Gasteiger partial charge in [0.25, 0.3) is 5.69 Å². The SMILES string of the molecule is C[C@@H]1CN([C@@H](C)C(=O)Nc2ccc([N+](=O)[O-])cc2)C[C@@H](C)O1. The maximum Gasteiger partial charge on any atom is 0.269 e. The van der Waals surface area contributed by atoms with Crippen LogP contribution in [0.1, 0.15) is 20.8 Å². The van der Waals surface area contributed by atoms with Gasteiger partial charge in [0.1, 0.15) is 0 Å². The van der Waals surface area contributed by atoms with Crippen LogP contribution in [0.15, 0.2) is 24.3 Å². The molecule has 7 heteroatoms. The van der Waals surface area contributed by atoms with Gasteiger partial charge in [-0.05, 0) is 32.9 Å². The first kappa shape index (κ1) is 16.4. The minimum atomic E-state index is -0.468. The van der Waals surface area contributed by atoms with E-state index in [1.807, 2.05) is 20.8 Å². The zero-order valence-corrected chi connectivity index (χ0v) is 13.0. The second-order valence-corrected chi connectivity index (χ2v) is 5.68. The second-order valence-electron chi connectivity index (χ2n) is 5.68. The standard InChI is InChI=1S/C15H21N3O4/c1-10-8-17(9-11(2)22-10)12(3)15(19)16-13-4-6-14(7-5-13)18(20)21/h4-7,10-12H,8-9H2,1-3H3,(H,16,19)/t10-,11-,12+/m1/s1. The fourth-order valence-corrected chi connectivity index (χ4v) is 2.61. The van der Waals surface area contributed by atoms with E-state index in [9.17, 15) is 14.9 Å². The fraction of sp³-hybridized carbons (Fsp3) is 0.533. The third-order valence-electron chi connectivity index (χ3n) is 3.72. The Labute approximate surface area is 129 Å². The first-order chi connectivity index (χ1) is 10.4. The van der Waals surface area contributed by atoms with E-state index >= 15 is 0 Å². The molecule has 0 aromatic heterocycles. The molecule has 1 amide bonds. The van der Waals surface area contributed by atoms with Crippen LogP contribution >= 0.6 is 0 Å². The molecule has 1 fully saturated rings. The summed E-state index contributed by atoms with van der Waals surface area (Å²) in [5.74, 6) is -0.129. The smallest absolute Gasteiger partial charge is 0.269 e. The highest BCUT2D eigenvalue weighted by Crippen LogP contribution is 2.17. The van der Waals surface area contributed by atoms with Gasteiger partial charge in [-0.2, -0.15) is 0 Å². The van der Waals surface area contributed by atoms with Crippen molar-refractivity contribution in [3.05, 3.63) is 34.4 Å². The van der Waals surface area contributed by atoms with Gasteiger partial charge in [-0.25, -0.2) is 0 Å². The third kappa shape index (κ3) is 4.02. The lowest BCUT2D eigenvalue weighted by Crippen LogP contribution is -2.52. The molecular weight excluding hydrogens is 286 g/mol. The number of nitro groups is 1. The summed E-state index contributed by atoms with van der Waals surface area (Å²) in [5.41, 5.74) is 0.554. The summed E-state index contributed by atoms with van der Waals surface area (Å²) in [6.45, 7) is 7.25. The number of ether oxygens (including phenoxy) is 1. The van der Waals surface area contributed by atoms with Crippen molar-refractivity contribution in [2.75, 3.05) is 18.4 Å². The van der Waals surface area contributed by atoms with E-state index in [1.165, 1.54) is 24.3 Å². The van der Waals surface area contributed by atoms with Crippen molar-refractivity contribution >= 4 is 17.3 Å². The first-order valence-electron chi connectivity index (χ1n) is 7.31. The average Bonchev–Trinajstić information content (AvgIpc) is 2.46. The monoisotopic (exact) mass is 307 g/mol. The second kappa shape index (κ2) is 6.85. The highest BCUT2D eigenvalue weighted by molar-refractivity contribution is 5.94. The lowest BCUT2D eigenvalue weighted by Gasteiger charge is -2.38. The molecule has 120 valence electrons. The van der Waals surface area contributed by atoms with Crippen molar-refractivity contribution in [3.8, 4) is 0 Å². The molecule has 0 spiro atoms. The van der Waals surface area contributed by atoms with Gasteiger partial charge in [-0.15, -0.1) is 0 Å². The predicted octanol–water partition coefficient (Wildman–Crippen LogP) is 2.03. The van der Waals surface area contributed by atoms with E-state index in [2.05, 4.69) is 10.2 Å². The molecule has 3 atom stereocenters. The van der Waals surface area contributed by atoms with Crippen LogP contribution in [0.4, 0.5) is 11.4 Å². The van der Waals surface area contributed by atoms with Gasteiger partial charge in [-0.1, -0.05) is 0 Å². The van der Waals surface area contributed by atoms with Gasteiger partial charge in [0.15, 0.2) is 0 Å². The molecule has 0 saturated carbocycles. The average molecular weight is 307 g/mol. The predicted molar refractivity (Wildman–Crippen MR) is 82.8 cm³/mol. The van der Waals surface area contributed by atoms with E-state index in [-0.39, 0.29) is 29.8 Å². The number of nitro benzene ring substituents is 1. The maximum absolute atomic E-state index is 12.3. The van der Waals surface area contributed by atoms with Crippen LogP contribution in [0.5, 0.6) is 0 Å². The van der Waals surface area contributed by atoms with E-state index in [0.29, 0.717) is 18.8 Å². The number of morpholine rings is 1. The largest absolute Gasteiger partial charge is 0.373 e. The van der Waals surface area contributed by atoms with Crippen LogP contribution in [0, 0.1) is 10.1 Å². The lowest BCUT2D eigenvalue weighted by molar-refractivity contribution is -0.384. The summed E-state index contributed by atoms with van der Waals surface area (Å²) in [5, 5.41) is 13.4. The minimum Gasteiger partial charge on any atom is -0.373 e. The molecule has 0 aliphatic carbocycles. The zero-order valence-electron chi connectivity index (χ0n) is 13.0. The number of anilines is 1. The van der Waals surface area contributed by atoms with Gasteiger partial charge in [0.05, 0.1) is 23.2 Å². The number of carbonyl (C=O) groups is 1. The Bertz CT molecular complexity index is 536. The van der Waals surface area contributed by atoms with Crippen LogP contribution in [0.3, 0.4) is 0 Å². The summed E-state index contributed by atoms with van der Waals surface area (Å²) in [4.78, 5) is 24.5. The summed E-state index contributed by atoms with van der Waals surface area (Å²) in [6, 6.07) is 5.53. The Morgan fingerprint density at radius 2 is 1.86 bits per heavy atom. The molecule has 1 aliphatic heterocycles. The Morgan fingerprint density at radius 1 is 1.32 bits per heavy atom. The zero-order chi connectivity index (χ0) is 16.3. The minimum absolute atomic E-state index is 0.00174. The summed E-state index contributed by atoms with van der Waals surface area (Å²) < 4.78 is 5.66. The normalized spacial score (nSPS) is 23.8. The van der Waals surface area contributed by atoms with Crippen molar-refractivity contribution in [3.63, 3.8) is 0 Å². The molecule has 0 unspecified atom stereocenters. The first-order valence-corrected chi connectivity index (χ1v) is 7.31. The van der Waals surface area contributed by atoms with Crippen LogP contribution in [-0.2, 0) is 9.53 Å². The van der Waals surface area contributed by atoms with E-state index in [0.717, 1.165) is 0 Å². The molecule has 0 radical (unpaired) electrons. The molecular formula is C15H21N3O4. The quantitative estimate of drug-likeness (QED) is 0.679. The highest BCUT2D eigenvalue weighted by Gasteiger charge is 2.29. The lowest BCUT2D eigenvalue weighted by atomic mass is 10.1.